The van der Waals surface area contributed by atoms with Crippen LogP contribution in [-0.4, -0.2) is 26.2 Å². The molecular weight excluding hydrogens is 378 g/mol. The molecule has 3 aromatic heterocycles. The first kappa shape index (κ1) is 18.1. The maximum Gasteiger partial charge on any atom is 0.256 e. The minimum Gasteiger partial charge on any atom is -0.326 e. The molecule has 0 bridgehead atoms. The number of benzene rings is 1. The van der Waals surface area contributed by atoms with E-state index in [1.807, 2.05) is 53.1 Å². The second kappa shape index (κ2) is 7.44. The fourth-order valence-corrected chi connectivity index (χ4v) is 3.69. The van der Waals surface area contributed by atoms with Crippen LogP contribution >= 0.6 is 0 Å². The highest BCUT2D eigenvalue weighted by Gasteiger charge is 2.19. The van der Waals surface area contributed by atoms with Gasteiger partial charge in [0.05, 0.1) is 5.69 Å². The topological polar surface area (TPSA) is 88.4 Å². The summed E-state index contributed by atoms with van der Waals surface area (Å²) in [6.45, 7) is 0. The average molecular weight is 397 g/mol. The van der Waals surface area contributed by atoms with Crippen molar-refractivity contribution < 1.29 is 9.59 Å². The van der Waals surface area contributed by atoms with E-state index in [2.05, 4.69) is 20.6 Å². The number of anilines is 2. The number of pyridine rings is 2. The van der Waals surface area contributed by atoms with Crippen molar-refractivity contribution in [1.29, 1.82) is 0 Å². The minimum absolute atomic E-state index is 0.0108. The van der Waals surface area contributed by atoms with Crippen molar-refractivity contribution in [1.82, 2.24) is 14.4 Å². The summed E-state index contributed by atoms with van der Waals surface area (Å²) in [6.07, 6.45) is 5.57. The van der Waals surface area contributed by atoms with Crippen LogP contribution in [0.5, 0.6) is 0 Å². The number of fused-ring (bicyclic) bond motifs is 2. The number of carbonyl (C=O) groups is 2. The number of hydrogen-bond acceptors (Lipinski definition) is 4. The van der Waals surface area contributed by atoms with E-state index >= 15 is 0 Å². The molecule has 1 aliphatic heterocycles. The molecule has 1 aliphatic rings. The number of rotatable bonds is 3. The predicted octanol–water partition coefficient (Wildman–Crippen LogP) is 3.92. The highest BCUT2D eigenvalue weighted by molar-refractivity contribution is 6.06. The smallest absolute Gasteiger partial charge is 0.256 e. The fraction of sp³-hybridized carbons (Fsp3) is 0.130. The molecule has 4 heterocycles. The Bertz CT molecular complexity index is 1260. The standard InChI is InChI=1S/C23H19N5O2/c29-20-9-5-6-15-14-16(10-11-17(15)25-20)23(30)27-22-21(18-7-1-3-12-24-18)26-19-8-2-4-13-28(19)22/h1-4,7-8,10-14H,5-6,9H2,(H,25,29)(H,27,30). The second-order valence-corrected chi connectivity index (χ2v) is 7.18. The molecule has 0 aliphatic carbocycles. The normalized spacial score (nSPS) is 13.4. The van der Waals surface area contributed by atoms with Gasteiger partial charge in [0.25, 0.3) is 5.91 Å². The van der Waals surface area contributed by atoms with E-state index in [-0.39, 0.29) is 11.8 Å². The van der Waals surface area contributed by atoms with Crippen molar-refractivity contribution in [2.24, 2.45) is 0 Å². The molecule has 0 saturated heterocycles. The van der Waals surface area contributed by atoms with Crippen molar-refractivity contribution in [2.45, 2.75) is 19.3 Å². The summed E-state index contributed by atoms with van der Waals surface area (Å²) >= 11 is 0. The number of imidazole rings is 1. The van der Waals surface area contributed by atoms with Gasteiger partial charge < -0.3 is 10.6 Å². The van der Waals surface area contributed by atoms with Crippen molar-refractivity contribution in [3.63, 3.8) is 0 Å². The third-order valence-corrected chi connectivity index (χ3v) is 5.16. The lowest BCUT2D eigenvalue weighted by Crippen LogP contribution is -2.15. The molecule has 0 spiro atoms. The highest BCUT2D eigenvalue weighted by atomic mass is 16.2. The summed E-state index contributed by atoms with van der Waals surface area (Å²) in [4.78, 5) is 33.9. The first-order valence-corrected chi connectivity index (χ1v) is 9.82. The number of aryl methyl sites for hydroxylation is 1. The zero-order chi connectivity index (χ0) is 20.5. The molecule has 4 aromatic rings. The van der Waals surface area contributed by atoms with E-state index in [4.69, 9.17) is 0 Å². The molecule has 7 nitrogen and oxygen atoms in total. The molecule has 2 amide bonds. The van der Waals surface area contributed by atoms with Gasteiger partial charge >= 0.3 is 0 Å². The van der Waals surface area contributed by atoms with Gasteiger partial charge in [-0.25, -0.2) is 4.98 Å². The van der Waals surface area contributed by atoms with E-state index < -0.39 is 0 Å². The van der Waals surface area contributed by atoms with E-state index in [9.17, 15) is 9.59 Å². The van der Waals surface area contributed by atoms with E-state index in [1.54, 1.807) is 18.3 Å². The number of nitrogens with one attached hydrogen (secondary N) is 2. The fourth-order valence-electron chi connectivity index (χ4n) is 3.69. The summed E-state index contributed by atoms with van der Waals surface area (Å²) in [5.41, 5.74) is 4.29. The van der Waals surface area contributed by atoms with Gasteiger partial charge in [-0.1, -0.05) is 12.1 Å². The monoisotopic (exact) mass is 397 g/mol. The largest absolute Gasteiger partial charge is 0.326 e. The summed E-state index contributed by atoms with van der Waals surface area (Å²) < 4.78 is 1.84. The Kier molecular flexibility index (Phi) is 4.48. The van der Waals surface area contributed by atoms with Crippen LogP contribution < -0.4 is 10.6 Å². The molecule has 0 atom stereocenters. The molecule has 0 fully saturated rings. The molecular formula is C23H19N5O2. The van der Waals surface area contributed by atoms with Gasteiger partial charge in [0.1, 0.15) is 17.2 Å². The average Bonchev–Trinajstić information content (AvgIpc) is 3.02. The summed E-state index contributed by atoms with van der Waals surface area (Å²) in [5, 5.41) is 5.91. The lowest BCUT2D eigenvalue weighted by atomic mass is 10.0. The zero-order valence-electron chi connectivity index (χ0n) is 16.1. The summed E-state index contributed by atoms with van der Waals surface area (Å²) in [7, 11) is 0. The zero-order valence-corrected chi connectivity index (χ0v) is 16.1. The maximum absolute atomic E-state index is 13.1. The molecule has 2 N–H and O–H groups in total. The number of nitrogens with zero attached hydrogens (tertiary/aromatic N) is 3. The van der Waals surface area contributed by atoms with Crippen LogP contribution in [0.3, 0.4) is 0 Å². The Balaban J connectivity index is 1.52. The Hall–Kier alpha value is -4.00. The molecule has 1 aromatic carbocycles. The first-order chi connectivity index (χ1) is 14.7. The predicted molar refractivity (Wildman–Crippen MR) is 114 cm³/mol. The Morgan fingerprint density at radius 2 is 1.97 bits per heavy atom. The number of hydrogen-bond donors (Lipinski definition) is 2. The van der Waals surface area contributed by atoms with Crippen LogP contribution in [0.4, 0.5) is 11.5 Å². The van der Waals surface area contributed by atoms with E-state index in [0.717, 1.165) is 29.7 Å². The van der Waals surface area contributed by atoms with Gasteiger partial charge in [0.15, 0.2) is 0 Å². The lowest BCUT2D eigenvalue weighted by Gasteiger charge is -2.11. The third-order valence-electron chi connectivity index (χ3n) is 5.16. The SMILES string of the molecule is O=C1CCCc2cc(C(=O)Nc3c(-c4ccccn4)nc4ccccn34)ccc2N1. The Morgan fingerprint density at radius 3 is 2.83 bits per heavy atom. The van der Waals surface area contributed by atoms with Crippen molar-refractivity contribution in [2.75, 3.05) is 10.6 Å². The highest BCUT2D eigenvalue weighted by Crippen LogP contribution is 2.28. The van der Waals surface area contributed by atoms with Crippen LogP contribution in [0.25, 0.3) is 17.0 Å². The van der Waals surface area contributed by atoms with Crippen LogP contribution in [0.15, 0.2) is 67.0 Å². The van der Waals surface area contributed by atoms with Gasteiger partial charge in [-0.15, -0.1) is 0 Å². The molecule has 30 heavy (non-hydrogen) atoms. The molecule has 0 unspecified atom stereocenters. The van der Waals surface area contributed by atoms with Crippen molar-refractivity contribution in [3.05, 3.63) is 78.1 Å². The first-order valence-electron chi connectivity index (χ1n) is 9.82. The van der Waals surface area contributed by atoms with Crippen LogP contribution in [0.1, 0.15) is 28.8 Å². The molecule has 0 saturated carbocycles. The molecule has 7 heteroatoms. The van der Waals surface area contributed by atoms with E-state index in [1.165, 1.54) is 0 Å². The molecule has 0 radical (unpaired) electrons. The van der Waals surface area contributed by atoms with Crippen molar-refractivity contribution in [3.8, 4) is 11.4 Å². The van der Waals surface area contributed by atoms with Gasteiger partial charge in [-0.05, 0) is 60.9 Å². The summed E-state index contributed by atoms with van der Waals surface area (Å²) in [5.74, 6) is 0.338. The molecule has 5 rings (SSSR count). The number of aromatic nitrogens is 3. The maximum atomic E-state index is 13.1. The Morgan fingerprint density at radius 1 is 1.07 bits per heavy atom. The van der Waals surface area contributed by atoms with Crippen LogP contribution in [0.2, 0.25) is 0 Å². The van der Waals surface area contributed by atoms with Gasteiger partial charge in [-0.3, -0.25) is 19.0 Å². The van der Waals surface area contributed by atoms with Gasteiger partial charge in [0.2, 0.25) is 5.91 Å². The number of carbonyl (C=O) groups excluding carboxylic acids is 2. The lowest BCUT2D eigenvalue weighted by molar-refractivity contribution is -0.116. The van der Waals surface area contributed by atoms with Crippen molar-refractivity contribution >= 4 is 29.0 Å². The van der Waals surface area contributed by atoms with Crippen LogP contribution in [0, 0.1) is 0 Å². The molecule has 148 valence electrons. The summed E-state index contributed by atoms with van der Waals surface area (Å²) in [6, 6.07) is 16.6. The Labute approximate surface area is 172 Å². The van der Waals surface area contributed by atoms with E-state index in [0.29, 0.717) is 29.2 Å². The minimum atomic E-state index is -0.240. The number of amides is 2. The van der Waals surface area contributed by atoms with Gasteiger partial charge in [-0.2, -0.15) is 0 Å². The van der Waals surface area contributed by atoms with Gasteiger partial charge in [0, 0.05) is 30.1 Å². The second-order valence-electron chi connectivity index (χ2n) is 7.18. The third kappa shape index (κ3) is 3.30. The van der Waals surface area contributed by atoms with Crippen LogP contribution in [-0.2, 0) is 11.2 Å². The quantitative estimate of drug-likeness (QED) is 0.548.